The van der Waals surface area contributed by atoms with Crippen LogP contribution in [0.5, 0.6) is 11.6 Å². The monoisotopic (exact) mass is 238 g/mol. The highest BCUT2D eigenvalue weighted by Gasteiger charge is 2.09. The molecule has 3 nitrogen and oxygen atoms in total. The third-order valence-corrected chi connectivity index (χ3v) is 2.86. The topological polar surface area (TPSA) is 45.9 Å². The Labute approximate surface area is 107 Å². The molecule has 90 valence electrons. The number of aryl methyl sites for hydroxylation is 2. The number of hydrogen-bond acceptors (Lipinski definition) is 3. The van der Waals surface area contributed by atoms with Crippen molar-refractivity contribution < 1.29 is 4.74 Å². The van der Waals surface area contributed by atoms with Crippen molar-refractivity contribution in [3.63, 3.8) is 0 Å². The van der Waals surface area contributed by atoms with Crippen molar-refractivity contribution in [1.29, 1.82) is 5.26 Å². The number of nitrogens with zero attached hydrogens (tertiary/aromatic N) is 2. The Kier molecular flexibility index (Phi) is 3.29. The Balaban J connectivity index is 2.44. The van der Waals surface area contributed by atoms with Crippen LogP contribution in [0.15, 0.2) is 30.5 Å². The van der Waals surface area contributed by atoms with Gasteiger partial charge in [0.25, 0.3) is 0 Å². The molecule has 0 spiro atoms. The zero-order chi connectivity index (χ0) is 13.1. The van der Waals surface area contributed by atoms with E-state index in [9.17, 15) is 0 Å². The van der Waals surface area contributed by atoms with Gasteiger partial charge in [-0.25, -0.2) is 4.98 Å². The van der Waals surface area contributed by atoms with Crippen molar-refractivity contribution in [1.82, 2.24) is 4.98 Å². The lowest BCUT2D eigenvalue weighted by molar-refractivity contribution is 0.457. The Morgan fingerprint density at radius 2 is 2.00 bits per heavy atom. The lowest BCUT2D eigenvalue weighted by Gasteiger charge is -2.11. The smallest absolute Gasteiger partial charge is 0.237 e. The van der Waals surface area contributed by atoms with E-state index in [4.69, 9.17) is 10.00 Å². The van der Waals surface area contributed by atoms with Crippen molar-refractivity contribution in [2.45, 2.75) is 20.8 Å². The summed E-state index contributed by atoms with van der Waals surface area (Å²) in [5, 5.41) is 9.00. The van der Waals surface area contributed by atoms with Crippen LogP contribution in [0.4, 0.5) is 0 Å². The van der Waals surface area contributed by atoms with Crippen LogP contribution < -0.4 is 4.74 Å². The van der Waals surface area contributed by atoms with Crippen molar-refractivity contribution in [2.75, 3.05) is 0 Å². The highest BCUT2D eigenvalue weighted by atomic mass is 16.5. The normalized spacial score (nSPS) is 9.89. The van der Waals surface area contributed by atoms with Crippen LogP contribution in [0.2, 0.25) is 0 Å². The molecule has 0 saturated heterocycles. The van der Waals surface area contributed by atoms with Gasteiger partial charge in [0.1, 0.15) is 17.4 Å². The second-order valence-electron chi connectivity index (χ2n) is 4.27. The zero-order valence-corrected chi connectivity index (χ0v) is 10.7. The minimum absolute atomic E-state index is 0.355. The summed E-state index contributed by atoms with van der Waals surface area (Å²) in [4.78, 5) is 4.10. The molecule has 0 radical (unpaired) electrons. The zero-order valence-electron chi connectivity index (χ0n) is 10.7. The van der Waals surface area contributed by atoms with Crippen molar-refractivity contribution in [3.05, 3.63) is 52.7 Å². The van der Waals surface area contributed by atoms with Gasteiger partial charge in [0, 0.05) is 6.20 Å². The summed E-state index contributed by atoms with van der Waals surface area (Å²) in [6.07, 6.45) is 1.62. The molecule has 1 heterocycles. The summed E-state index contributed by atoms with van der Waals surface area (Å²) in [5.41, 5.74) is 3.80. The average Bonchev–Trinajstić information content (AvgIpc) is 2.36. The van der Waals surface area contributed by atoms with E-state index < -0.39 is 0 Å². The number of pyridine rings is 1. The van der Waals surface area contributed by atoms with Crippen molar-refractivity contribution >= 4 is 0 Å². The summed E-state index contributed by atoms with van der Waals surface area (Å²) in [7, 11) is 0. The fraction of sp³-hybridized carbons (Fsp3) is 0.200. The molecule has 0 bridgehead atoms. The molecule has 0 saturated carbocycles. The lowest BCUT2D eigenvalue weighted by atomic mass is 10.1. The maximum Gasteiger partial charge on any atom is 0.237 e. The maximum absolute atomic E-state index is 9.00. The molecule has 0 atom stereocenters. The molecule has 0 unspecified atom stereocenters. The van der Waals surface area contributed by atoms with Crippen LogP contribution in [0, 0.1) is 32.1 Å². The van der Waals surface area contributed by atoms with Crippen LogP contribution >= 0.6 is 0 Å². The standard InChI is InChI=1S/C15H14N2O/c1-10-7-11(2)12(3)14(8-10)18-15-13(9-16)5-4-6-17-15/h4-8H,1-3H3. The third-order valence-electron chi connectivity index (χ3n) is 2.86. The number of nitriles is 1. The summed E-state index contributed by atoms with van der Waals surface area (Å²) in [5.74, 6) is 1.11. The van der Waals surface area contributed by atoms with E-state index in [1.807, 2.05) is 26.8 Å². The summed E-state index contributed by atoms with van der Waals surface area (Å²) < 4.78 is 5.76. The lowest BCUT2D eigenvalue weighted by Crippen LogP contribution is -1.95. The minimum atomic E-state index is 0.355. The highest BCUT2D eigenvalue weighted by molar-refractivity contribution is 5.46. The van der Waals surface area contributed by atoms with Gasteiger partial charge >= 0.3 is 0 Å². The van der Waals surface area contributed by atoms with Gasteiger partial charge in [-0.15, -0.1) is 0 Å². The number of ether oxygens (including phenoxy) is 1. The van der Waals surface area contributed by atoms with E-state index in [-0.39, 0.29) is 0 Å². The van der Waals surface area contributed by atoms with Crippen LogP contribution in [0.3, 0.4) is 0 Å². The Morgan fingerprint density at radius 1 is 1.22 bits per heavy atom. The first-order chi connectivity index (χ1) is 8.61. The van der Waals surface area contributed by atoms with E-state index in [1.54, 1.807) is 18.3 Å². The largest absolute Gasteiger partial charge is 0.437 e. The predicted molar refractivity (Wildman–Crippen MR) is 69.7 cm³/mol. The van der Waals surface area contributed by atoms with Crippen molar-refractivity contribution in [2.24, 2.45) is 0 Å². The van der Waals surface area contributed by atoms with E-state index in [0.717, 1.165) is 16.9 Å². The molecule has 2 rings (SSSR count). The molecular formula is C15H14N2O. The van der Waals surface area contributed by atoms with Gasteiger partial charge in [-0.1, -0.05) is 6.07 Å². The van der Waals surface area contributed by atoms with E-state index in [1.165, 1.54) is 5.56 Å². The molecule has 0 N–H and O–H groups in total. The van der Waals surface area contributed by atoms with Crippen LogP contribution in [0.1, 0.15) is 22.3 Å². The quantitative estimate of drug-likeness (QED) is 0.801. The summed E-state index contributed by atoms with van der Waals surface area (Å²) >= 11 is 0. The number of aromatic nitrogens is 1. The van der Waals surface area contributed by atoms with E-state index >= 15 is 0 Å². The molecule has 3 heteroatoms. The van der Waals surface area contributed by atoms with Gasteiger partial charge in [-0.2, -0.15) is 5.26 Å². The number of benzene rings is 1. The van der Waals surface area contributed by atoms with Gasteiger partial charge in [-0.3, -0.25) is 0 Å². The fourth-order valence-electron chi connectivity index (χ4n) is 1.77. The Hall–Kier alpha value is -2.34. The summed E-state index contributed by atoms with van der Waals surface area (Å²) in [6.45, 7) is 6.06. The number of hydrogen-bond donors (Lipinski definition) is 0. The minimum Gasteiger partial charge on any atom is -0.437 e. The van der Waals surface area contributed by atoms with Gasteiger partial charge in [0.05, 0.1) is 0 Å². The molecule has 2 aromatic rings. The van der Waals surface area contributed by atoms with Crippen LogP contribution in [-0.4, -0.2) is 4.98 Å². The first-order valence-electron chi connectivity index (χ1n) is 5.72. The Bertz CT molecular complexity index is 627. The summed E-state index contributed by atoms with van der Waals surface area (Å²) in [6, 6.07) is 9.55. The van der Waals surface area contributed by atoms with Gasteiger partial charge in [0.15, 0.2) is 0 Å². The van der Waals surface area contributed by atoms with Crippen molar-refractivity contribution in [3.8, 4) is 17.7 Å². The third kappa shape index (κ3) is 2.33. The fourth-order valence-corrected chi connectivity index (χ4v) is 1.77. The molecule has 0 aliphatic heterocycles. The first kappa shape index (κ1) is 12.1. The van der Waals surface area contributed by atoms with Crippen LogP contribution in [-0.2, 0) is 0 Å². The van der Waals surface area contributed by atoms with E-state index in [2.05, 4.69) is 17.1 Å². The van der Waals surface area contributed by atoms with Gasteiger partial charge in [0.2, 0.25) is 5.88 Å². The van der Waals surface area contributed by atoms with Crippen LogP contribution in [0.25, 0.3) is 0 Å². The molecule has 0 aliphatic carbocycles. The van der Waals surface area contributed by atoms with Gasteiger partial charge < -0.3 is 4.74 Å². The second-order valence-corrected chi connectivity index (χ2v) is 4.27. The SMILES string of the molecule is Cc1cc(C)c(C)c(Oc2ncccc2C#N)c1. The molecule has 0 aliphatic rings. The molecular weight excluding hydrogens is 224 g/mol. The van der Waals surface area contributed by atoms with E-state index in [0.29, 0.717) is 11.4 Å². The molecule has 1 aromatic heterocycles. The molecule has 0 fully saturated rings. The number of rotatable bonds is 2. The molecule has 18 heavy (non-hydrogen) atoms. The molecule has 0 amide bonds. The average molecular weight is 238 g/mol. The maximum atomic E-state index is 9.00. The predicted octanol–water partition coefficient (Wildman–Crippen LogP) is 3.67. The second kappa shape index (κ2) is 4.89. The molecule has 1 aromatic carbocycles. The first-order valence-corrected chi connectivity index (χ1v) is 5.72. The van der Waals surface area contributed by atoms with Gasteiger partial charge in [-0.05, 0) is 55.7 Å². The highest BCUT2D eigenvalue weighted by Crippen LogP contribution is 2.28. The Morgan fingerprint density at radius 3 is 2.72 bits per heavy atom.